The molecule has 0 spiro atoms. The van der Waals surface area contributed by atoms with E-state index >= 15 is 0 Å². The Hall–Kier alpha value is -2.42. The van der Waals surface area contributed by atoms with E-state index in [1.807, 2.05) is 0 Å². The van der Waals surface area contributed by atoms with Crippen molar-refractivity contribution in [2.24, 2.45) is 0 Å². The fraction of sp³-hybridized carbons (Fsp3) is 0.273. The Balaban J connectivity index is 1.58. The lowest BCUT2D eigenvalue weighted by Crippen LogP contribution is -2.40. The molecule has 1 aromatic carbocycles. The highest BCUT2D eigenvalue weighted by atomic mass is 32.1. The number of likely N-dealkylation sites (N-methyl/N-ethyl adjacent to an activating group) is 1. The third-order valence-corrected chi connectivity index (χ3v) is 7.68. The van der Waals surface area contributed by atoms with Gasteiger partial charge in [0.2, 0.25) is 0 Å². The lowest BCUT2D eigenvalue weighted by Gasteiger charge is -2.33. The first kappa shape index (κ1) is 19.5. The average molecular weight is 443 g/mol. The van der Waals surface area contributed by atoms with Crippen LogP contribution < -0.4 is 5.32 Å². The zero-order valence-electron chi connectivity index (χ0n) is 16.8. The summed E-state index contributed by atoms with van der Waals surface area (Å²) in [7, 11) is 0. The van der Waals surface area contributed by atoms with E-state index in [4.69, 9.17) is 0 Å². The Morgan fingerprint density at radius 3 is 2.83 bits per heavy atom. The second-order valence-corrected chi connectivity index (χ2v) is 9.69. The molecule has 0 amide bonds. The van der Waals surface area contributed by atoms with Crippen LogP contribution in [-0.4, -0.2) is 33.5 Å². The fourth-order valence-electron chi connectivity index (χ4n) is 4.14. The van der Waals surface area contributed by atoms with Crippen LogP contribution in [0.5, 0.6) is 0 Å². The summed E-state index contributed by atoms with van der Waals surface area (Å²) in [4.78, 5) is 12.9. The van der Waals surface area contributed by atoms with Gasteiger partial charge in [0.1, 0.15) is 16.0 Å². The highest BCUT2D eigenvalue weighted by Gasteiger charge is 2.35. The molecular weight excluding hydrogens is 422 g/mol. The third-order valence-electron chi connectivity index (χ3n) is 5.83. The molecule has 4 aromatic rings. The number of thiophene rings is 1. The van der Waals surface area contributed by atoms with Crippen LogP contribution >= 0.6 is 22.7 Å². The van der Waals surface area contributed by atoms with E-state index in [9.17, 15) is 8.78 Å². The zero-order valence-corrected chi connectivity index (χ0v) is 18.4. The summed E-state index contributed by atoms with van der Waals surface area (Å²) in [5.74, 6) is -1.31. The summed E-state index contributed by atoms with van der Waals surface area (Å²) in [5.41, 5.74) is 3.32. The van der Waals surface area contributed by atoms with Gasteiger partial charge in [0.25, 0.3) is 0 Å². The van der Waals surface area contributed by atoms with Crippen LogP contribution in [0.25, 0.3) is 26.0 Å². The predicted octanol–water partition coefficient (Wildman–Crippen LogP) is 6.43. The van der Waals surface area contributed by atoms with Gasteiger partial charge in [-0.05, 0) is 44.2 Å². The maximum atomic E-state index is 14.9. The summed E-state index contributed by atoms with van der Waals surface area (Å²) in [5, 5.41) is 3.81. The Labute approximate surface area is 180 Å². The number of aromatic nitrogens is 2. The molecule has 5 rings (SSSR count). The lowest BCUT2D eigenvalue weighted by atomic mass is 9.94. The molecule has 0 atom stereocenters. The van der Waals surface area contributed by atoms with Crippen LogP contribution in [0.3, 0.4) is 0 Å². The minimum absolute atomic E-state index is 0.0723. The molecule has 0 bridgehead atoms. The number of nitrogens with zero attached hydrogens (tertiary/aromatic N) is 3. The van der Waals surface area contributed by atoms with Crippen LogP contribution in [0.2, 0.25) is 0 Å². The molecule has 3 aromatic heterocycles. The maximum absolute atomic E-state index is 14.9. The molecule has 4 heterocycles. The Morgan fingerprint density at radius 1 is 1.23 bits per heavy atom. The normalized spacial score (nSPS) is 16.5. The molecule has 154 valence electrons. The van der Waals surface area contributed by atoms with Crippen molar-refractivity contribution in [1.29, 1.82) is 0 Å². The van der Waals surface area contributed by atoms with E-state index < -0.39 is 11.6 Å². The molecular formula is C22H20F2N4S2. The predicted molar refractivity (Wildman–Crippen MR) is 122 cm³/mol. The topological polar surface area (TPSA) is 41.0 Å². The quantitative estimate of drug-likeness (QED) is 0.396. The van der Waals surface area contributed by atoms with Gasteiger partial charge in [-0.15, -0.1) is 22.7 Å². The fourth-order valence-corrected chi connectivity index (χ4v) is 6.06. The van der Waals surface area contributed by atoms with Gasteiger partial charge < -0.3 is 5.32 Å². The molecule has 1 aliphatic rings. The number of thiazole rings is 1. The van der Waals surface area contributed by atoms with Crippen molar-refractivity contribution in [3.8, 4) is 0 Å². The highest BCUT2D eigenvalue weighted by molar-refractivity contribution is 7.19. The second kappa shape index (κ2) is 7.08. The van der Waals surface area contributed by atoms with Crippen molar-refractivity contribution < 1.29 is 8.78 Å². The monoisotopic (exact) mass is 442 g/mol. The van der Waals surface area contributed by atoms with E-state index in [1.165, 1.54) is 28.5 Å². The van der Waals surface area contributed by atoms with Crippen molar-refractivity contribution in [3.05, 3.63) is 52.5 Å². The maximum Gasteiger partial charge on any atom is 0.176 e. The summed E-state index contributed by atoms with van der Waals surface area (Å²) in [6, 6.07) is 5.13. The van der Waals surface area contributed by atoms with Crippen LogP contribution in [0.15, 0.2) is 36.0 Å². The molecule has 0 radical (unpaired) electrons. The van der Waals surface area contributed by atoms with Gasteiger partial charge in [-0.1, -0.05) is 13.0 Å². The molecule has 8 heteroatoms. The van der Waals surface area contributed by atoms with Gasteiger partial charge >= 0.3 is 0 Å². The molecule has 30 heavy (non-hydrogen) atoms. The number of pyridine rings is 1. The zero-order chi connectivity index (χ0) is 21.0. The first-order chi connectivity index (χ1) is 14.4. The number of hydrogen-bond donors (Lipinski definition) is 1. The van der Waals surface area contributed by atoms with Gasteiger partial charge in [-0.2, -0.15) is 0 Å². The van der Waals surface area contributed by atoms with E-state index in [2.05, 4.69) is 53.1 Å². The number of benzene rings is 1. The first-order valence-electron chi connectivity index (χ1n) is 9.73. The van der Waals surface area contributed by atoms with Crippen molar-refractivity contribution in [3.63, 3.8) is 0 Å². The summed E-state index contributed by atoms with van der Waals surface area (Å²) in [6.45, 7) is 8.49. The Bertz CT molecular complexity index is 1310. The van der Waals surface area contributed by atoms with E-state index in [0.29, 0.717) is 10.4 Å². The van der Waals surface area contributed by atoms with Crippen LogP contribution in [0.1, 0.15) is 25.6 Å². The van der Waals surface area contributed by atoms with Gasteiger partial charge in [0.05, 0.1) is 15.9 Å². The SMILES string of the molecule is CCN1CC=C(c2cc3c(Nc4c(F)cc5scnc5c4F)ccnc3s2)C1(C)C. The van der Waals surface area contributed by atoms with Gasteiger partial charge in [-0.25, -0.2) is 18.7 Å². The largest absolute Gasteiger partial charge is 0.350 e. The standard InChI is InChI=1S/C22H20F2N4S2/c1-4-28-8-6-13(22(28,2)3)16-9-12-15(5-7-25-21(12)30-16)27-19-14(23)10-17-20(18(19)24)26-11-29-17/h5-7,9-11H,4,8H2,1-3H3,(H,25,27). The van der Waals surface area contributed by atoms with Gasteiger partial charge in [0.15, 0.2) is 11.6 Å². The Kier molecular flexibility index (Phi) is 4.61. The number of anilines is 2. The highest BCUT2D eigenvalue weighted by Crippen LogP contribution is 2.43. The summed E-state index contributed by atoms with van der Waals surface area (Å²) < 4.78 is 30.0. The number of fused-ring (bicyclic) bond motifs is 2. The van der Waals surface area contributed by atoms with Crippen LogP contribution in [0.4, 0.5) is 20.2 Å². The molecule has 0 saturated carbocycles. The summed E-state index contributed by atoms with van der Waals surface area (Å²) >= 11 is 2.82. The van der Waals surface area contributed by atoms with Gasteiger partial charge in [-0.3, -0.25) is 4.90 Å². The van der Waals surface area contributed by atoms with E-state index in [1.54, 1.807) is 23.6 Å². The van der Waals surface area contributed by atoms with Crippen molar-refractivity contribution in [1.82, 2.24) is 14.9 Å². The minimum Gasteiger partial charge on any atom is -0.350 e. The molecule has 4 nitrogen and oxygen atoms in total. The van der Waals surface area contributed by atoms with E-state index in [-0.39, 0.29) is 16.7 Å². The van der Waals surface area contributed by atoms with Crippen molar-refractivity contribution in [2.75, 3.05) is 18.4 Å². The van der Waals surface area contributed by atoms with Crippen LogP contribution in [-0.2, 0) is 0 Å². The first-order valence-corrected chi connectivity index (χ1v) is 11.4. The lowest BCUT2D eigenvalue weighted by molar-refractivity contribution is 0.218. The number of rotatable bonds is 4. The molecule has 1 aliphatic heterocycles. The Morgan fingerprint density at radius 2 is 2.07 bits per heavy atom. The number of hydrogen-bond acceptors (Lipinski definition) is 6. The molecule has 0 fully saturated rings. The van der Waals surface area contributed by atoms with Crippen molar-refractivity contribution in [2.45, 2.75) is 26.3 Å². The van der Waals surface area contributed by atoms with Gasteiger partial charge in [0, 0.05) is 28.5 Å². The molecule has 0 unspecified atom stereocenters. The van der Waals surface area contributed by atoms with Crippen LogP contribution in [0, 0.1) is 11.6 Å². The van der Waals surface area contributed by atoms with Crippen molar-refractivity contribution >= 4 is 60.1 Å². The second-order valence-electron chi connectivity index (χ2n) is 7.77. The third kappa shape index (κ3) is 2.93. The smallest absolute Gasteiger partial charge is 0.176 e. The molecule has 0 saturated heterocycles. The van der Waals surface area contributed by atoms with E-state index in [0.717, 1.165) is 28.2 Å². The number of halogens is 2. The minimum atomic E-state index is -0.676. The molecule has 0 aliphatic carbocycles. The number of nitrogens with one attached hydrogen (secondary N) is 1. The average Bonchev–Trinajstić information content (AvgIpc) is 3.41. The molecule has 1 N–H and O–H groups in total. The summed E-state index contributed by atoms with van der Waals surface area (Å²) in [6.07, 6.45) is 3.92.